The number of halogens is 5. The van der Waals surface area contributed by atoms with Crippen molar-refractivity contribution in [3.05, 3.63) is 59.8 Å². The lowest BCUT2D eigenvalue weighted by molar-refractivity contribution is -0.141. The Morgan fingerprint density at radius 2 is 1.86 bits per heavy atom. The molecule has 1 atom stereocenters. The molecule has 3 aromatic heterocycles. The molecule has 4 rings (SSSR count). The SMILES string of the molecule is CCc1cc(Nc2nccn3c(-c4cn(CC(F)F)nc4C(F)(F)F)cnc23)ccc1C(=O)NCCCNC(=O)C(C)N. The van der Waals surface area contributed by atoms with Gasteiger partial charge in [0.15, 0.2) is 17.2 Å². The molecule has 0 radical (unpaired) electrons. The minimum Gasteiger partial charge on any atom is -0.355 e. The third-order valence-electron chi connectivity index (χ3n) is 6.40. The van der Waals surface area contributed by atoms with Crippen molar-refractivity contribution in [1.82, 2.24) is 34.8 Å². The standard InChI is InChI=1S/C27H30F5N9O2/c1-3-16-11-17(5-6-18(16)26(43)36-8-4-7-35-25(42)15(2)33)38-23-24-37-12-20(41(24)10-9-34-23)19-13-40(14-21(28)29)39-22(19)27(30,31)32/h5-6,9-13,15,21H,3-4,7-8,14,33H2,1-2H3,(H,34,38)(H,35,42)(H,36,43). The molecule has 0 saturated carbocycles. The number of nitrogens with zero attached hydrogens (tertiary/aromatic N) is 5. The van der Waals surface area contributed by atoms with E-state index in [0.29, 0.717) is 41.9 Å². The molecule has 0 saturated heterocycles. The van der Waals surface area contributed by atoms with Crippen LogP contribution in [0.3, 0.4) is 0 Å². The van der Waals surface area contributed by atoms with Crippen molar-refractivity contribution in [2.24, 2.45) is 5.73 Å². The Kier molecular flexibility index (Phi) is 9.58. The molecule has 0 aliphatic heterocycles. The molecule has 2 amide bonds. The van der Waals surface area contributed by atoms with E-state index in [9.17, 15) is 31.5 Å². The van der Waals surface area contributed by atoms with E-state index in [1.807, 2.05) is 6.92 Å². The summed E-state index contributed by atoms with van der Waals surface area (Å²) in [6, 6.07) is 4.43. The van der Waals surface area contributed by atoms with Crippen LogP contribution in [0.25, 0.3) is 16.9 Å². The number of carbonyl (C=O) groups excluding carboxylic acids is 2. The van der Waals surface area contributed by atoms with E-state index in [2.05, 4.69) is 31.0 Å². The number of aryl methyl sites for hydroxylation is 1. The molecule has 43 heavy (non-hydrogen) atoms. The van der Waals surface area contributed by atoms with Crippen molar-refractivity contribution < 1.29 is 31.5 Å². The number of hydrogen-bond donors (Lipinski definition) is 4. The van der Waals surface area contributed by atoms with E-state index < -0.39 is 36.4 Å². The highest BCUT2D eigenvalue weighted by Gasteiger charge is 2.38. The van der Waals surface area contributed by atoms with Crippen molar-refractivity contribution in [2.45, 2.75) is 51.9 Å². The van der Waals surface area contributed by atoms with Crippen LogP contribution in [0.2, 0.25) is 0 Å². The predicted octanol–water partition coefficient (Wildman–Crippen LogP) is 3.77. The second kappa shape index (κ2) is 13.1. The van der Waals surface area contributed by atoms with Crippen molar-refractivity contribution in [3.8, 4) is 11.3 Å². The number of benzene rings is 1. The summed E-state index contributed by atoms with van der Waals surface area (Å²) in [5.74, 6) is -0.338. The van der Waals surface area contributed by atoms with Gasteiger partial charge in [-0.3, -0.25) is 18.7 Å². The molecule has 0 fully saturated rings. The second-order valence-corrected chi connectivity index (χ2v) is 9.65. The highest BCUT2D eigenvalue weighted by atomic mass is 19.4. The molecule has 0 bridgehead atoms. The Hall–Kier alpha value is -4.60. The number of carbonyl (C=O) groups is 2. The van der Waals surface area contributed by atoms with Gasteiger partial charge in [0.1, 0.15) is 6.54 Å². The number of imidazole rings is 1. The summed E-state index contributed by atoms with van der Waals surface area (Å²) in [6.07, 6.45) is -1.86. The zero-order valence-corrected chi connectivity index (χ0v) is 23.3. The molecular weight excluding hydrogens is 577 g/mol. The highest BCUT2D eigenvalue weighted by molar-refractivity contribution is 5.96. The van der Waals surface area contributed by atoms with Gasteiger partial charge in [-0.2, -0.15) is 18.3 Å². The van der Waals surface area contributed by atoms with Gasteiger partial charge in [0.2, 0.25) is 5.91 Å². The number of hydrogen-bond acceptors (Lipinski definition) is 7. The summed E-state index contributed by atoms with van der Waals surface area (Å²) in [4.78, 5) is 32.8. The summed E-state index contributed by atoms with van der Waals surface area (Å²) in [5, 5.41) is 11.9. The molecule has 0 aliphatic carbocycles. The van der Waals surface area contributed by atoms with Crippen LogP contribution in [0, 0.1) is 0 Å². The summed E-state index contributed by atoms with van der Waals surface area (Å²) in [6.45, 7) is 3.18. The van der Waals surface area contributed by atoms with Gasteiger partial charge < -0.3 is 21.7 Å². The Labute approximate surface area is 242 Å². The zero-order valence-electron chi connectivity index (χ0n) is 23.3. The van der Waals surface area contributed by atoms with Gasteiger partial charge in [0.05, 0.1) is 23.5 Å². The molecule has 4 aromatic rings. The van der Waals surface area contributed by atoms with Gasteiger partial charge in [-0.15, -0.1) is 0 Å². The van der Waals surface area contributed by atoms with Gasteiger partial charge >= 0.3 is 6.18 Å². The van der Waals surface area contributed by atoms with Crippen LogP contribution in [0.4, 0.5) is 33.5 Å². The number of fused-ring (bicyclic) bond motifs is 1. The van der Waals surface area contributed by atoms with E-state index >= 15 is 0 Å². The zero-order chi connectivity index (χ0) is 31.3. The van der Waals surface area contributed by atoms with Gasteiger partial charge in [0, 0.05) is 42.9 Å². The minimum atomic E-state index is -4.88. The first-order valence-corrected chi connectivity index (χ1v) is 13.4. The first-order chi connectivity index (χ1) is 20.4. The lowest BCUT2D eigenvalue weighted by Crippen LogP contribution is -2.39. The molecular formula is C27H30F5N9O2. The number of aromatic nitrogens is 5. The summed E-state index contributed by atoms with van der Waals surface area (Å²) < 4.78 is 68.8. The van der Waals surface area contributed by atoms with Gasteiger partial charge in [-0.05, 0) is 43.5 Å². The fourth-order valence-corrected chi connectivity index (χ4v) is 4.34. The lowest BCUT2D eigenvalue weighted by Gasteiger charge is -2.13. The average molecular weight is 608 g/mol. The average Bonchev–Trinajstić information content (AvgIpc) is 3.57. The largest absolute Gasteiger partial charge is 0.435 e. The third kappa shape index (κ3) is 7.43. The van der Waals surface area contributed by atoms with Crippen LogP contribution >= 0.6 is 0 Å². The van der Waals surface area contributed by atoms with Crippen LogP contribution in [-0.2, 0) is 23.9 Å². The Morgan fingerprint density at radius 1 is 1.12 bits per heavy atom. The molecule has 5 N–H and O–H groups in total. The predicted molar refractivity (Wildman–Crippen MR) is 148 cm³/mol. The number of nitrogens with two attached hydrogens (primary N) is 1. The van der Waals surface area contributed by atoms with E-state index in [4.69, 9.17) is 5.73 Å². The van der Waals surface area contributed by atoms with Crippen LogP contribution in [0.1, 0.15) is 41.9 Å². The first-order valence-electron chi connectivity index (χ1n) is 13.4. The topological polar surface area (TPSA) is 144 Å². The highest BCUT2D eigenvalue weighted by Crippen LogP contribution is 2.37. The number of amides is 2. The number of anilines is 2. The third-order valence-corrected chi connectivity index (χ3v) is 6.40. The van der Waals surface area contributed by atoms with E-state index in [0.717, 1.165) is 11.8 Å². The lowest BCUT2D eigenvalue weighted by atomic mass is 10.0. The summed E-state index contributed by atoms with van der Waals surface area (Å²) in [5.41, 5.74) is 5.70. The van der Waals surface area contributed by atoms with E-state index in [1.165, 1.54) is 23.0 Å². The van der Waals surface area contributed by atoms with Gasteiger partial charge in [0.25, 0.3) is 12.3 Å². The maximum atomic E-state index is 13.7. The first kappa shape index (κ1) is 31.3. The molecule has 1 unspecified atom stereocenters. The second-order valence-electron chi connectivity index (χ2n) is 9.65. The molecule has 0 aliphatic rings. The van der Waals surface area contributed by atoms with Crippen LogP contribution in [0.5, 0.6) is 0 Å². The fraction of sp³-hybridized carbons (Fsp3) is 0.370. The number of rotatable bonds is 12. The van der Waals surface area contributed by atoms with Crippen LogP contribution < -0.4 is 21.7 Å². The van der Waals surface area contributed by atoms with Crippen LogP contribution in [-0.4, -0.2) is 61.5 Å². The summed E-state index contributed by atoms with van der Waals surface area (Å²) >= 11 is 0. The Bertz CT molecular complexity index is 1600. The van der Waals surface area contributed by atoms with E-state index in [1.54, 1.807) is 25.1 Å². The molecule has 11 nitrogen and oxygen atoms in total. The van der Waals surface area contributed by atoms with Gasteiger partial charge in [-0.1, -0.05) is 6.92 Å². The Balaban J connectivity index is 1.53. The maximum absolute atomic E-state index is 13.7. The molecule has 16 heteroatoms. The van der Waals surface area contributed by atoms with Crippen molar-refractivity contribution >= 4 is 29.0 Å². The maximum Gasteiger partial charge on any atom is 0.435 e. The van der Waals surface area contributed by atoms with Crippen molar-refractivity contribution in [2.75, 3.05) is 18.4 Å². The van der Waals surface area contributed by atoms with Crippen LogP contribution in [0.15, 0.2) is 43.0 Å². The fourth-order valence-electron chi connectivity index (χ4n) is 4.34. The minimum absolute atomic E-state index is 0.00772. The van der Waals surface area contributed by atoms with Crippen molar-refractivity contribution in [3.63, 3.8) is 0 Å². The summed E-state index contributed by atoms with van der Waals surface area (Å²) in [7, 11) is 0. The number of alkyl halides is 5. The van der Waals surface area contributed by atoms with E-state index in [-0.39, 0.29) is 29.0 Å². The smallest absolute Gasteiger partial charge is 0.355 e. The number of nitrogens with one attached hydrogen (secondary N) is 3. The normalized spacial score (nSPS) is 12.5. The Morgan fingerprint density at radius 3 is 2.53 bits per heavy atom. The quantitative estimate of drug-likeness (QED) is 0.142. The molecule has 3 heterocycles. The van der Waals surface area contributed by atoms with Gasteiger partial charge in [-0.25, -0.2) is 18.7 Å². The molecule has 0 spiro atoms. The monoisotopic (exact) mass is 607 g/mol. The van der Waals surface area contributed by atoms with Crippen molar-refractivity contribution in [1.29, 1.82) is 0 Å². The molecule has 1 aromatic carbocycles. The molecule has 230 valence electrons.